The number of Topliss-reactive ketones (excluding diaryl/α,β-unsaturated/α-hetero) is 1. The zero-order valence-electron chi connectivity index (χ0n) is 8.09. The SMILES string of the molecule is O=C(CSc1ncns1)c1cccc(Cl)c1. The summed E-state index contributed by atoms with van der Waals surface area (Å²) in [4.78, 5) is 15.8. The molecule has 0 fully saturated rings. The Morgan fingerprint density at radius 2 is 2.38 bits per heavy atom. The van der Waals surface area contributed by atoms with E-state index in [0.717, 1.165) is 4.34 Å². The Hall–Kier alpha value is -0.910. The van der Waals surface area contributed by atoms with Crippen molar-refractivity contribution in [2.75, 3.05) is 5.75 Å². The van der Waals surface area contributed by atoms with Crippen molar-refractivity contribution >= 4 is 40.7 Å². The van der Waals surface area contributed by atoms with Gasteiger partial charge in [0.1, 0.15) is 6.33 Å². The van der Waals surface area contributed by atoms with E-state index in [0.29, 0.717) is 16.3 Å². The molecule has 0 atom stereocenters. The monoisotopic (exact) mass is 270 g/mol. The van der Waals surface area contributed by atoms with E-state index in [9.17, 15) is 4.79 Å². The molecule has 0 unspecified atom stereocenters. The van der Waals surface area contributed by atoms with Crippen LogP contribution in [0.4, 0.5) is 0 Å². The molecule has 0 spiro atoms. The summed E-state index contributed by atoms with van der Waals surface area (Å²) in [6.45, 7) is 0. The lowest BCUT2D eigenvalue weighted by Crippen LogP contribution is -2.01. The highest BCUT2D eigenvalue weighted by atomic mass is 35.5. The van der Waals surface area contributed by atoms with Crippen LogP contribution in [0.3, 0.4) is 0 Å². The number of hydrogen-bond acceptors (Lipinski definition) is 5. The van der Waals surface area contributed by atoms with Gasteiger partial charge in [0.15, 0.2) is 10.1 Å². The van der Waals surface area contributed by atoms with Crippen molar-refractivity contribution in [2.45, 2.75) is 4.34 Å². The van der Waals surface area contributed by atoms with Crippen LogP contribution in [0.15, 0.2) is 34.9 Å². The van der Waals surface area contributed by atoms with Crippen molar-refractivity contribution < 1.29 is 4.79 Å². The summed E-state index contributed by atoms with van der Waals surface area (Å²) in [7, 11) is 0. The molecule has 0 saturated carbocycles. The van der Waals surface area contributed by atoms with E-state index < -0.39 is 0 Å². The number of nitrogens with zero attached hydrogens (tertiary/aromatic N) is 2. The number of benzene rings is 1. The molecule has 0 amide bonds. The van der Waals surface area contributed by atoms with Gasteiger partial charge in [-0.15, -0.1) is 0 Å². The highest BCUT2D eigenvalue weighted by Crippen LogP contribution is 2.20. The van der Waals surface area contributed by atoms with Crippen LogP contribution < -0.4 is 0 Å². The third-order valence-electron chi connectivity index (χ3n) is 1.81. The summed E-state index contributed by atoms with van der Waals surface area (Å²) >= 11 is 8.48. The van der Waals surface area contributed by atoms with E-state index in [2.05, 4.69) is 9.36 Å². The molecule has 1 heterocycles. The second kappa shape index (κ2) is 5.43. The number of aromatic nitrogens is 2. The van der Waals surface area contributed by atoms with Crippen molar-refractivity contribution in [1.29, 1.82) is 0 Å². The molecule has 0 radical (unpaired) electrons. The van der Waals surface area contributed by atoms with Crippen molar-refractivity contribution in [3.05, 3.63) is 41.2 Å². The van der Waals surface area contributed by atoms with Gasteiger partial charge in [-0.05, 0) is 23.7 Å². The van der Waals surface area contributed by atoms with Gasteiger partial charge in [-0.2, -0.15) is 4.37 Å². The summed E-state index contributed by atoms with van der Waals surface area (Å²) < 4.78 is 4.67. The molecule has 0 aliphatic carbocycles. The van der Waals surface area contributed by atoms with Crippen LogP contribution in [0.2, 0.25) is 5.02 Å². The topological polar surface area (TPSA) is 42.9 Å². The van der Waals surface area contributed by atoms with E-state index in [4.69, 9.17) is 11.6 Å². The molecule has 3 nitrogen and oxygen atoms in total. The number of rotatable bonds is 4. The molecular formula is C10H7ClN2OS2. The molecule has 0 aliphatic rings. The summed E-state index contributed by atoms with van der Waals surface area (Å²) in [5.74, 6) is 0.401. The molecule has 6 heteroatoms. The molecule has 16 heavy (non-hydrogen) atoms. The predicted molar refractivity (Wildman–Crippen MR) is 66.4 cm³/mol. The maximum atomic E-state index is 11.8. The zero-order valence-corrected chi connectivity index (χ0v) is 10.5. The van der Waals surface area contributed by atoms with Gasteiger partial charge in [0.05, 0.1) is 5.75 Å². The minimum absolute atomic E-state index is 0.0442. The summed E-state index contributed by atoms with van der Waals surface area (Å²) in [6.07, 6.45) is 1.48. The molecular weight excluding hydrogens is 264 g/mol. The van der Waals surface area contributed by atoms with Gasteiger partial charge in [0, 0.05) is 10.6 Å². The highest BCUT2D eigenvalue weighted by molar-refractivity contribution is 8.01. The average molecular weight is 271 g/mol. The lowest BCUT2D eigenvalue weighted by Gasteiger charge is -1.99. The Balaban J connectivity index is 1.98. The van der Waals surface area contributed by atoms with E-state index in [1.54, 1.807) is 24.3 Å². The number of thioether (sulfide) groups is 1. The van der Waals surface area contributed by atoms with Crippen molar-refractivity contribution in [2.24, 2.45) is 0 Å². The summed E-state index contributed by atoms with van der Waals surface area (Å²) in [6, 6.07) is 6.95. The first kappa shape index (κ1) is 11.6. The number of hydrogen-bond donors (Lipinski definition) is 0. The second-order valence-electron chi connectivity index (χ2n) is 2.93. The van der Waals surface area contributed by atoms with Crippen LogP contribution in [0.5, 0.6) is 0 Å². The van der Waals surface area contributed by atoms with E-state index >= 15 is 0 Å². The van der Waals surface area contributed by atoms with Crippen LogP contribution in [-0.4, -0.2) is 20.9 Å². The van der Waals surface area contributed by atoms with Gasteiger partial charge in [-0.1, -0.05) is 35.5 Å². The molecule has 2 aromatic rings. The Bertz CT molecular complexity index is 487. The zero-order chi connectivity index (χ0) is 11.4. The minimum Gasteiger partial charge on any atom is -0.293 e. The smallest absolute Gasteiger partial charge is 0.173 e. The van der Waals surface area contributed by atoms with Crippen LogP contribution in [0.1, 0.15) is 10.4 Å². The number of carbonyl (C=O) groups is 1. The van der Waals surface area contributed by atoms with E-state index in [1.807, 2.05) is 0 Å². The van der Waals surface area contributed by atoms with Crippen LogP contribution in [0.25, 0.3) is 0 Å². The third-order valence-corrected chi connectivity index (χ3v) is 3.85. The van der Waals surface area contributed by atoms with Gasteiger partial charge in [0.25, 0.3) is 0 Å². The fourth-order valence-electron chi connectivity index (χ4n) is 1.10. The van der Waals surface area contributed by atoms with Gasteiger partial charge in [-0.25, -0.2) is 4.98 Å². The van der Waals surface area contributed by atoms with Crippen molar-refractivity contribution in [1.82, 2.24) is 9.36 Å². The molecule has 1 aromatic carbocycles. The Morgan fingerprint density at radius 3 is 3.06 bits per heavy atom. The van der Waals surface area contributed by atoms with Gasteiger partial charge in [-0.3, -0.25) is 4.79 Å². The van der Waals surface area contributed by atoms with E-state index in [1.165, 1.54) is 29.6 Å². The van der Waals surface area contributed by atoms with E-state index in [-0.39, 0.29) is 5.78 Å². The second-order valence-corrected chi connectivity index (χ2v) is 5.37. The maximum Gasteiger partial charge on any atom is 0.173 e. The first-order chi connectivity index (χ1) is 7.75. The molecule has 82 valence electrons. The largest absolute Gasteiger partial charge is 0.293 e. The minimum atomic E-state index is 0.0442. The average Bonchev–Trinajstić information content (AvgIpc) is 2.78. The summed E-state index contributed by atoms with van der Waals surface area (Å²) in [5, 5.41) is 0.576. The Labute approximate surface area is 106 Å². The maximum absolute atomic E-state index is 11.8. The van der Waals surface area contributed by atoms with Crippen LogP contribution >= 0.6 is 34.9 Å². The molecule has 2 rings (SSSR count). The standard InChI is InChI=1S/C10H7ClN2OS2/c11-8-3-1-2-7(4-8)9(14)5-15-10-12-6-13-16-10/h1-4,6H,5H2. The fraction of sp³-hybridized carbons (Fsp3) is 0.100. The van der Waals surface area contributed by atoms with Gasteiger partial charge < -0.3 is 0 Å². The predicted octanol–water partition coefficient (Wildman–Crippen LogP) is 3.17. The molecule has 0 aliphatic heterocycles. The third kappa shape index (κ3) is 3.04. The number of ketones is 1. The number of halogens is 1. The fourth-order valence-corrected chi connectivity index (χ4v) is 2.63. The normalized spacial score (nSPS) is 10.3. The van der Waals surface area contributed by atoms with Crippen LogP contribution in [-0.2, 0) is 0 Å². The van der Waals surface area contributed by atoms with Crippen molar-refractivity contribution in [3.63, 3.8) is 0 Å². The molecule has 0 bridgehead atoms. The molecule has 0 N–H and O–H groups in total. The Kier molecular flexibility index (Phi) is 3.93. The Morgan fingerprint density at radius 1 is 1.50 bits per heavy atom. The quantitative estimate of drug-likeness (QED) is 0.632. The highest BCUT2D eigenvalue weighted by Gasteiger charge is 2.08. The molecule has 0 saturated heterocycles. The first-order valence-electron chi connectivity index (χ1n) is 4.44. The van der Waals surface area contributed by atoms with Crippen molar-refractivity contribution in [3.8, 4) is 0 Å². The van der Waals surface area contributed by atoms with Crippen LogP contribution in [0, 0.1) is 0 Å². The lowest BCUT2D eigenvalue weighted by molar-refractivity contribution is 0.102. The first-order valence-corrected chi connectivity index (χ1v) is 6.57. The molecule has 1 aromatic heterocycles. The summed E-state index contributed by atoms with van der Waals surface area (Å²) in [5.41, 5.74) is 0.629. The van der Waals surface area contributed by atoms with Gasteiger partial charge in [0.2, 0.25) is 0 Å². The lowest BCUT2D eigenvalue weighted by atomic mass is 10.1. The number of carbonyl (C=O) groups excluding carboxylic acids is 1. The van der Waals surface area contributed by atoms with Gasteiger partial charge >= 0.3 is 0 Å².